The summed E-state index contributed by atoms with van der Waals surface area (Å²) in [6.45, 7) is 5.60. The Bertz CT molecular complexity index is 785. The molecule has 0 fully saturated rings. The van der Waals surface area contributed by atoms with Crippen LogP contribution in [0.5, 0.6) is 0 Å². The smallest absolute Gasteiger partial charge is 0.319 e. The first-order chi connectivity index (χ1) is 11.4. The number of halogens is 1. The highest BCUT2D eigenvalue weighted by Gasteiger charge is 2.31. The van der Waals surface area contributed by atoms with E-state index < -0.39 is 0 Å². The highest BCUT2D eigenvalue weighted by Crippen LogP contribution is 2.37. The van der Waals surface area contributed by atoms with Gasteiger partial charge in [0.1, 0.15) is 0 Å². The van der Waals surface area contributed by atoms with Crippen LogP contribution >= 0.6 is 11.6 Å². The van der Waals surface area contributed by atoms with Crippen molar-refractivity contribution in [3.05, 3.63) is 69.2 Å². The Hall–Kier alpha value is -2.00. The van der Waals surface area contributed by atoms with E-state index in [1.807, 2.05) is 23.1 Å². The van der Waals surface area contributed by atoms with Crippen LogP contribution in [0.15, 0.2) is 36.4 Å². The van der Waals surface area contributed by atoms with Gasteiger partial charge in [0, 0.05) is 38.1 Å². The maximum absolute atomic E-state index is 12.6. The van der Waals surface area contributed by atoms with Gasteiger partial charge in [0.2, 0.25) is 0 Å². The van der Waals surface area contributed by atoms with Crippen molar-refractivity contribution in [2.75, 3.05) is 20.6 Å². The molecule has 0 bridgehead atoms. The number of carbonyl (C=O) groups excluding carboxylic acids is 1. The molecule has 1 unspecified atom stereocenters. The third-order valence-electron chi connectivity index (χ3n) is 4.94. The Morgan fingerprint density at radius 1 is 1.21 bits per heavy atom. The molecule has 0 aliphatic carbocycles. The quantitative estimate of drug-likeness (QED) is 0.743. The molecular formula is C20H23ClN2O. The first-order valence-corrected chi connectivity index (χ1v) is 8.57. The lowest BCUT2D eigenvalue weighted by Crippen LogP contribution is -2.44. The maximum Gasteiger partial charge on any atom is 0.319 e. The van der Waals surface area contributed by atoms with Gasteiger partial charge in [0.25, 0.3) is 0 Å². The summed E-state index contributed by atoms with van der Waals surface area (Å²) in [5, 5.41) is 0.731. The fourth-order valence-electron chi connectivity index (χ4n) is 3.44. The molecule has 1 aliphatic heterocycles. The van der Waals surface area contributed by atoms with Crippen molar-refractivity contribution in [3.63, 3.8) is 0 Å². The lowest BCUT2D eigenvalue weighted by atomic mass is 9.82. The summed E-state index contributed by atoms with van der Waals surface area (Å²) in [6, 6.07) is 12.4. The van der Waals surface area contributed by atoms with Crippen LogP contribution in [0.1, 0.15) is 33.7 Å². The number of urea groups is 1. The van der Waals surface area contributed by atoms with Crippen LogP contribution in [0.4, 0.5) is 4.79 Å². The second-order valence-electron chi connectivity index (χ2n) is 6.74. The van der Waals surface area contributed by atoms with Gasteiger partial charge < -0.3 is 9.80 Å². The normalized spacial score (nSPS) is 16.7. The summed E-state index contributed by atoms with van der Waals surface area (Å²) < 4.78 is 0. The standard InChI is InChI=1S/C20H23ClN2O/c1-13-8-9-17-18(14(13)2)11-23(20(24)22(3)4)12-19(17)15-6-5-7-16(21)10-15/h5-10,19H,11-12H2,1-4H3. The molecular weight excluding hydrogens is 320 g/mol. The zero-order valence-corrected chi connectivity index (χ0v) is 15.4. The van der Waals surface area contributed by atoms with E-state index in [9.17, 15) is 4.79 Å². The second-order valence-corrected chi connectivity index (χ2v) is 7.18. The van der Waals surface area contributed by atoms with Crippen LogP contribution in [-0.4, -0.2) is 36.5 Å². The molecule has 126 valence electrons. The van der Waals surface area contributed by atoms with Gasteiger partial charge in [-0.05, 0) is 53.8 Å². The van der Waals surface area contributed by atoms with E-state index in [2.05, 4.69) is 32.0 Å². The molecule has 2 amide bonds. The summed E-state index contributed by atoms with van der Waals surface area (Å²) in [4.78, 5) is 16.1. The number of nitrogens with zero attached hydrogens (tertiary/aromatic N) is 2. The van der Waals surface area contributed by atoms with Crippen LogP contribution in [0.3, 0.4) is 0 Å². The number of fused-ring (bicyclic) bond motifs is 1. The summed E-state index contributed by atoms with van der Waals surface area (Å²) in [7, 11) is 3.60. The molecule has 0 saturated carbocycles. The van der Waals surface area contributed by atoms with Crippen LogP contribution < -0.4 is 0 Å². The van der Waals surface area contributed by atoms with Crippen molar-refractivity contribution in [1.29, 1.82) is 0 Å². The van der Waals surface area contributed by atoms with Gasteiger partial charge in [0.15, 0.2) is 0 Å². The number of hydrogen-bond donors (Lipinski definition) is 0. The molecule has 3 rings (SSSR count). The van der Waals surface area contributed by atoms with Crippen molar-refractivity contribution in [3.8, 4) is 0 Å². The molecule has 0 spiro atoms. The van der Waals surface area contributed by atoms with Gasteiger partial charge in [-0.3, -0.25) is 0 Å². The number of benzene rings is 2. The minimum atomic E-state index is 0.0496. The van der Waals surface area contributed by atoms with E-state index >= 15 is 0 Å². The Labute approximate surface area is 148 Å². The molecule has 2 aromatic rings. The van der Waals surface area contributed by atoms with Gasteiger partial charge in [0.05, 0.1) is 0 Å². The third-order valence-corrected chi connectivity index (χ3v) is 5.17. The average Bonchev–Trinajstić information content (AvgIpc) is 2.56. The number of amides is 2. The number of rotatable bonds is 1. The van der Waals surface area contributed by atoms with Gasteiger partial charge >= 0.3 is 6.03 Å². The van der Waals surface area contributed by atoms with Crippen LogP contribution in [0, 0.1) is 13.8 Å². The number of carbonyl (C=O) groups is 1. The highest BCUT2D eigenvalue weighted by atomic mass is 35.5. The van der Waals surface area contributed by atoms with Crippen LogP contribution in [0.25, 0.3) is 0 Å². The van der Waals surface area contributed by atoms with Gasteiger partial charge in [-0.25, -0.2) is 4.79 Å². The predicted molar refractivity (Wildman–Crippen MR) is 98.7 cm³/mol. The molecule has 0 saturated heterocycles. The van der Waals surface area contributed by atoms with Gasteiger partial charge in [-0.15, -0.1) is 0 Å². The van der Waals surface area contributed by atoms with E-state index in [0.29, 0.717) is 13.1 Å². The predicted octanol–water partition coefficient (Wildman–Crippen LogP) is 4.59. The van der Waals surface area contributed by atoms with Crippen molar-refractivity contribution >= 4 is 17.6 Å². The fourth-order valence-corrected chi connectivity index (χ4v) is 3.64. The molecule has 4 heteroatoms. The minimum absolute atomic E-state index is 0.0496. The largest absolute Gasteiger partial charge is 0.331 e. The Morgan fingerprint density at radius 2 is 1.96 bits per heavy atom. The van der Waals surface area contributed by atoms with E-state index in [-0.39, 0.29) is 11.9 Å². The zero-order valence-electron chi connectivity index (χ0n) is 14.6. The van der Waals surface area contributed by atoms with Crippen molar-refractivity contribution in [1.82, 2.24) is 9.80 Å². The number of aryl methyl sites for hydroxylation is 1. The molecule has 1 atom stereocenters. The Kier molecular flexibility index (Phi) is 4.55. The topological polar surface area (TPSA) is 23.6 Å². The molecule has 0 aromatic heterocycles. The van der Waals surface area contributed by atoms with Crippen molar-refractivity contribution < 1.29 is 4.79 Å². The second kappa shape index (κ2) is 6.48. The zero-order chi connectivity index (χ0) is 17.4. The lowest BCUT2D eigenvalue weighted by molar-refractivity contribution is 0.162. The summed E-state index contributed by atoms with van der Waals surface area (Å²) in [5.41, 5.74) is 6.27. The molecule has 2 aromatic carbocycles. The monoisotopic (exact) mass is 342 g/mol. The summed E-state index contributed by atoms with van der Waals surface area (Å²) in [5.74, 6) is 0.149. The molecule has 3 nitrogen and oxygen atoms in total. The highest BCUT2D eigenvalue weighted by molar-refractivity contribution is 6.30. The van der Waals surface area contributed by atoms with E-state index in [1.54, 1.807) is 19.0 Å². The van der Waals surface area contributed by atoms with Crippen molar-refractivity contribution in [2.45, 2.75) is 26.3 Å². The number of hydrogen-bond acceptors (Lipinski definition) is 1. The molecule has 1 heterocycles. The first kappa shape index (κ1) is 16.8. The Morgan fingerprint density at radius 3 is 2.62 bits per heavy atom. The minimum Gasteiger partial charge on any atom is -0.331 e. The molecule has 1 aliphatic rings. The van der Waals surface area contributed by atoms with Crippen LogP contribution in [0.2, 0.25) is 5.02 Å². The first-order valence-electron chi connectivity index (χ1n) is 8.19. The Balaban J connectivity index is 2.11. The maximum atomic E-state index is 12.6. The SMILES string of the molecule is Cc1ccc2c(c1C)CN(C(=O)N(C)C)CC2c1cccc(Cl)c1. The van der Waals surface area contributed by atoms with E-state index in [0.717, 1.165) is 10.6 Å². The van der Waals surface area contributed by atoms with Crippen LogP contribution in [-0.2, 0) is 6.54 Å². The third kappa shape index (κ3) is 3.01. The molecule has 0 radical (unpaired) electrons. The van der Waals surface area contributed by atoms with Gasteiger partial charge in [-0.2, -0.15) is 0 Å². The van der Waals surface area contributed by atoms with E-state index in [1.165, 1.54) is 22.3 Å². The lowest BCUT2D eigenvalue weighted by Gasteiger charge is -2.37. The fraction of sp³-hybridized carbons (Fsp3) is 0.350. The molecule has 0 N–H and O–H groups in total. The molecule has 24 heavy (non-hydrogen) atoms. The average molecular weight is 343 g/mol. The van der Waals surface area contributed by atoms with E-state index in [4.69, 9.17) is 11.6 Å². The summed E-state index contributed by atoms with van der Waals surface area (Å²) >= 11 is 6.21. The van der Waals surface area contributed by atoms with Gasteiger partial charge in [-0.1, -0.05) is 35.9 Å². The van der Waals surface area contributed by atoms with Crippen molar-refractivity contribution in [2.24, 2.45) is 0 Å². The summed E-state index contributed by atoms with van der Waals surface area (Å²) in [6.07, 6.45) is 0.